The van der Waals surface area contributed by atoms with Gasteiger partial charge in [0, 0.05) is 6.04 Å². The number of nitro benzene ring substituents is 1. The van der Waals surface area contributed by atoms with Crippen LogP contribution in [0.5, 0.6) is 0 Å². The lowest BCUT2D eigenvalue weighted by molar-refractivity contribution is -0.383. The molecule has 2 N–H and O–H groups in total. The van der Waals surface area contributed by atoms with Gasteiger partial charge in [-0.2, -0.15) is 0 Å². The minimum absolute atomic E-state index is 0.0243. The number of aromatic nitrogens is 2. The van der Waals surface area contributed by atoms with Crippen LogP contribution in [0.2, 0.25) is 0 Å². The van der Waals surface area contributed by atoms with Crippen LogP contribution in [-0.2, 0) is 11.3 Å². The van der Waals surface area contributed by atoms with Crippen LogP contribution in [0.25, 0.3) is 22.2 Å². The van der Waals surface area contributed by atoms with Gasteiger partial charge in [-0.3, -0.25) is 10.1 Å². The number of hydrogen-bond acceptors (Lipinski definition) is 6. The van der Waals surface area contributed by atoms with Crippen LogP contribution in [0, 0.1) is 15.9 Å². The molecule has 36 heavy (non-hydrogen) atoms. The molecule has 0 spiro atoms. The van der Waals surface area contributed by atoms with E-state index in [0.29, 0.717) is 22.7 Å². The molecule has 0 atom stereocenters. The molecule has 184 valence electrons. The smallest absolute Gasteiger partial charge is 0.343 e. The molecule has 1 heterocycles. The zero-order valence-corrected chi connectivity index (χ0v) is 19.5. The van der Waals surface area contributed by atoms with E-state index in [0.717, 1.165) is 24.4 Å². The lowest BCUT2D eigenvalue weighted by Gasteiger charge is -2.23. The highest BCUT2D eigenvalue weighted by Crippen LogP contribution is 2.40. The van der Waals surface area contributed by atoms with Gasteiger partial charge in [-0.15, -0.1) is 0 Å². The van der Waals surface area contributed by atoms with Crippen LogP contribution in [0.15, 0.2) is 60.9 Å². The summed E-state index contributed by atoms with van der Waals surface area (Å²) in [5.41, 5.74) is 6.86. The van der Waals surface area contributed by atoms with Crippen LogP contribution in [0.3, 0.4) is 0 Å². The van der Waals surface area contributed by atoms with E-state index in [1.54, 1.807) is 42.7 Å². The second-order valence-corrected chi connectivity index (χ2v) is 9.01. The van der Waals surface area contributed by atoms with Crippen molar-refractivity contribution in [3.05, 3.63) is 88.0 Å². The van der Waals surface area contributed by atoms with E-state index in [1.807, 2.05) is 12.1 Å². The largest absolute Gasteiger partial charge is 0.457 e. The molecule has 1 fully saturated rings. The van der Waals surface area contributed by atoms with Crippen molar-refractivity contribution in [1.82, 2.24) is 9.55 Å². The van der Waals surface area contributed by atoms with Crippen molar-refractivity contribution < 1.29 is 18.8 Å². The molecule has 0 bridgehead atoms. The predicted molar refractivity (Wildman–Crippen MR) is 134 cm³/mol. The van der Waals surface area contributed by atoms with Crippen molar-refractivity contribution in [1.29, 1.82) is 0 Å². The maximum absolute atomic E-state index is 15.2. The first-order valence-electron chi connectivity index (χ1n) is 11.9. The Labute approximate surface area is 206 Å². The third kappa shape index (κ3) is 4.39. The number of ether oxygens (including phenoxy) is 1. The molecule has 3 aromatic carbocycles. The summed E-state index contributed by atoms with van der Waals surface area (Å²) in [6.07, 6.45) is 7.55. The molecule has 0 unspecified atom stereocenters. The summed E-state index contributed by atoms with van der Waals surface area (Å²) in [5.74, 6) is -2.05. The fourth-order valence-electron chi connectivity index (χ4n) is 4.93. The molecule has 8 nitrogen and oxygen atoms in total. The fourth-order valence-corrected chi connectivity index (χ4v) is 4.93. The molecule has 1 aliphatic carbocycles. The van der Waals surface area contributed by atoms with Crippen LogP contribution in [-0.4, -0.2) is 20.4 Å². The second-order valence-electron chi connectivity index (χ2n) is 9.01. The number of benzene rings is 3. The minimum Gasteiger partial charge on any atom is -0.457 e. The standard InChI is InChI=1S/C27H25FN4O4/c28-21-14-20(18-11-12-23-22(13-18)30-16-31(23)19-9-5-2-6-10-19)26(32(34)35)25(29)24(21)27(33)36-15-17-7-3-1-4-8-17/h1,3-4,7-8,11-14,16,19H,2,5-6,9-10,15,29H2. The maximum Gasteiger partial charge on any atom is 0.343 e. The number of hydrogen-bond donors (Lipinski definition) is 1. The first kappa shape index (κ1) is 23.5. The van der Waals surface area contributed by atoms with Gasteiger partial charge in [-0.25, -0.2) is 14.2 Å². The molecule has 1 aliphatic rings. The summed E-state index contributed by atoms with van der Waals surface area (Å²) in [7, 11) is 0. The Hall–Kier alpha value is -4.27. The van der Waals surface area contributed by atoms with Crippen molar-refractivity contribution in [2.24, 2.45) is 0 Å². The lowest BCUT2D eigenvalue weighted by Crippen LogP contribution is -2.13. The van der Waals surface area contributed by atoms with Crippen molar-refractivity contribution >= 4 is 28.4 Å². The monoisotopic (exact) mass is 488 g/mol. The number of halogens is 1. The van der Waals surface area contributed by atoms with Gasteiger partial charge in [-0.1, -0.05) is 55.7 Å². The summed E-state index contributed by atoms with van der Waals surface area (Å²) in [6.45, 7) is -0.117. The van der Waals surface area contributed by atoms with E-state index in [2.05, 4.69) is 9.55 Å². The number of carbonyl (C=O) groups is 1. The number of anilines is 1. The van der Waals surface area contributed by atoms with Crippen LogP contribution in [0.4, 0.5) is 15.8 Å². The molecule has 0 aliphatic heterocycles. The molecule has 1 aromatic heterocycles. The zero-order valence-electron chi connectivity index (χ0n) is 19.5. The molecular formula is C27H25FN4O4. The van der Waals surface area contributed by atoms with Crippen molar-refractivity contribution in [2.45, 2.75) is 44.8 Å². The maximum atomic E-state index is 15.2. The van der Waals surface area contributed by atoms with Crippen LogP contribution >= 0.6 is 0 Å². The Kier molecular flexibility index (Phi) is 6.37. The van der Waals surface area contributed by atoms with Gasteiger partial charge in [0.05, 0.1) is 27.8 Å². The number of esters is 1. The van der Waals surface area contributed by atoms with Gasteiger partial charge in [-0.05, 0) is 42.2 Å². The molecule has 4 aromatic rings. The minimum atomic E-state index is -1.06. The lowest BCUT2D eigenvalue weighted by atomic mass is 9.95. The normalized spacial score (nSPS) is 14.1. The molecular weight excluding hydrogens is 463 g/mol. The summed E-state index contributed by atoms with van der Waals surface area (Å²) < 4.78 is 22.5. The van der Waals surface area contributed by atoms with E-state index in [4.69, 9.17) is 10.5 Å². The Balaban J connectivity index is 1.50. The van der Waals surface area contributed by atoms with Crippen LogP contribution in [0.1, 0.15) is 54.1 Å². The van der Waals surface area contributed by atoms with E-state index in [9.17, 15) is 14.9 Å². The first-order chi connectivity index (χ1) is 17.4. The van der Waals surface area contributed by atoms with Crippen LogP contribution < -0.4 is 5.73 Å². The highest BCUT2D eigenvalue weighted by Gasteiger charge is 2.30. The molecule has 0 saturated heterocycles. The predicted octanol–water partition coefficient (Wildman–Crippen LogP) is 6.20. The number of fused-ring (bicyclic) bond motifs is 1. The summed E-state index contributed by atoms with van der Waals surface area (Å²) in [5, 5.41) is 12.0. The van der Waals surface area contributed by atoms with Gasteiger partial charge in [0.25, 0.3) is 0 Å². The van der Waals surface area contributed by atoms with E-state index >= 15 is 4.39 Å². The second kappa shape index (κ2) is 9.77. The van der Waals surface area contributed by atoms with E-state index < -0.39 is 33.6 Å². The van der Waals surface area contributed by atoms with Crippen molar-refractivity contribution in [2.75, 3.05) is 5.73 Å². The van der Waals surface area contributed by atoms with Gasteiger partial charge in [0.15, 0.2) is 0 Å². The third-order valence-electron chi connectivity index (χ3n) is 6.74. The average molecular weight is 489 g/mol. The molecule has 9 heteroatoms. The number of nitrogens with two attached hydrogens (primary N) is 1. The molecule has 0 radical (unpaired) electrons. The SMILES string of the molecule is Nc1c(C(=O)OCc2ccccc2)c(F)cc(-c2ccc3c(c2)ncn3C2CCCCC2)c1[N+](=O)[O-]. The number of imidazole rings is 1. The zero-order chi connectivity index (χ0) is 25.2. The van der Waals surface area contributed by atoms with Crippen molar-refractivity contribution in [3.63, 3.8) is 0 Å². The van der Waals surface area contributed by atoms with Gasteiger partial charge >= 0.3 is 11.7 Å². The molecule has 5 rings (SSSR count). The number of nitrogen functional groups attached to an aromatic ring is 1. The number of rotatable bonds is 6. The third-order valence-corrected chi connectivity index (χ3v) is 6.74. The van der Waals surface area contributed by atoms with E-state index in [-0.39, 0.29) is 12.2 Å². The molecule has 0 amide bonds. The van der Waals surface area contributed by atoms with Crippen molar-refractivity contribution in [3.8, 4) is 11.1 Å². The fraction of sp³-hybridized carbons (Fsp3) is 0.259. The van der Waals surface area contributed by atoms with Gasteiger partial charge in [0.1, 0.15) is 23.7 Å². The van der Waals surface area contributed by atoms with Gasteiger partial charge in [0.2, 0.25) is 0 Å². The number of nitrogens with zero attached hydrogens (tertiary/aromatic N) is 3. The average Bonchev–Trinajstić information content (AvgIpc) is 3.31. The Morgan fingerprint density at radius 3 is 2.61 bits per heavy atom. The Morgan fingerprint density at radius 1 is 1.14 bits per heavy atom. The quantitative estimate of drug-likeness (QED) is 0.150. The highest BCUT2D eigenvalue weighted by atomic mass is 19.1. The number of carbonyl (C=O) groups excluding carboxylic acids is 1. The Morgan fingerprint density at radius 2 is 1.89 bits per heavy atom. The summed E-state index contributed by atoms with van der Waals surface area (Å²) in [4.78, 5) is 28.4. The summed E-state index contributed by atoms with van der Waals surface area (Å²) in [6, 6.07) is 15.4. The summed E-state index contributed by atoms with van der Waals surface area (Å²) >= 11 is 0. The van der Waals surface area contributed by atoms with E-state index in [1.165, 1.54) is 19.3 Å². The van der Waals surface area contributed by atoms with Gasteiger partial charge < -0.3 is 15.0 Å². The number of nitro groups is 1. The Bertz CT molecular complexity index is 1450. The first-order valence-corrected chi connectivity index (χ1v) is 11.9. The highest BCUT2D eigenvalue weighted by molar-refractivity contribution is 6.01. The molecule has 1 saturated carbocycles. The topological polar surface area (TPSA) is 113 Å².